The molecule has 2 N–H and O–H groups in total. The Labute approximate surface area is 74.9 Å². The zero-order chi connectivity index (χ0) is 9.56. The quantitative estimate of drug-likeness (QED) is 0.598. The number of likely N-dealkylation sites (N-methyl/N-ethyl adjacent to an activating group) is 1. The molecule has 3 nitrogen and oxygen atoms in total. The maximum Gasteiger partial charge on any atom is 0.146 e. The zero-order valence-corrected chi connectivity index (χ0v) is 8.34. The molecule has 0 spiro atoms. The third kappa shape index (κ3) is 4.46. The van der Waals surface area contributed by atoms with Crippen LogP contribution in [0, 0.1) is 0 Å². The average molecular weight is 172 g/mol. The number of nitrogens with two attached hydrogens (primary N) is 1. The van der Waals surface area contributed by atoms with Gasteiger partial charge in [-0.15, -0.1) is 0 Å². The van der Waals surface area contributed by atoms with E-state index in [4.69, 9.17) is 5.73 Å². The summed E-state index contributed by atoms with van der Waals surface area (Å²) in [5, 5.41) is 0. The molecule has 1 atom stereocenters. The highest BCUT2D eigenvalue weighted by Crippen LogP contribution is 2.06. The number of Topliss-reactive ketones (excluding diaryl/α,β-unsaturated/α-hetero) is 1. The minimum absolute atomic E-state index is 0.0801. The molecule has 0 aliphatic heterocycles. The molecular formula is C9H20N2O. The van der Waals surface area contributed by atoms with Crippen LogP contribution in [0.1, 0.15) is 26.2 Å². The molecule has 0 radical (unpaired) electrons. The predicted molar refractivity (Wildman–Crippen MR) is 51.1 cm³/mol. The molecule has 0 saturated heterocycles. The maximum absolute atomic E-state index is 11.1. The summed E-state index contributed by atoms with van der Waals surface area (Å²) in [6.07, 6.45) is 2.98. The predicted octanol–water partition coefficient (Wildman–Crippen LogP) is 0.635. The molecule has 0 aromatic carbocycles. The molecule has 0 aromatic heterocycles. The van der Waals surface area contributed by atoms with Crippen LogP contribution in [0.3, 0.4) is 0 Å². The molecule has 0 fully saturated rings. The van der Waals surface area contributed by atoms with Crippen molar-refractivity contribution in [3.8, 4) is 0 Å². The molecule has 12 heavy (non-hydrogen) atoms. The lowest BCUT2D eigenvalue weighted by Gasteiger charge is -2.21. The van der Waals surface area contributed by atoms with Crippen molar-refractivity contribution in [1.29, 1.82) is 0 Å². The molecule has 0 heterocycles. The molecule has 0 saturated carbocycles. The van der Waals surface area contributed by atoms with Crippen molar-refractivity contribution >= 4 is 5.78 Å². The Kier molecular flexibility index (Phi) is 5.93. The van der Waals surface area contributed by atoms with E-state index in [1.54, 1.807) is 6.92 Å². The Bertz CT molecular complexity index is 134. The van der Waals surface area contributed by atoms with E-state index in [1.807, 2.05) is 19.0 Å². The van der Waals surface area contributed by atoms with E-state index < -0.39 is 0 Å². The van der Waals surface area contributed by atoms with E-state index in [2.05, 4.69) is 0 Å². The second-order valence-corrected chi connectivity index (χ2v) is 3.37. The zero-order valence-electron chi connectivity index (χ0n) is 8.34. The first kappa shape index (κ1) is 11.6. The van der Waals surface area contributed by atoms with E-state index in [9.17, 15) is 4.79 Å². The molecule has 72 valence electrons. The van der Waals surface area contributed by atoms with E-state index >= 15 is 0 Å². The molecule has 0 rings (SSSR count). The highest BCUT2D eigenvalue weighted by atomic mass is 16.1. The van der Waals surface area contributed by atoms with Gasteiger partial charge >= 0.3 is 0 Å². The number of hydrogen-bond donors (Lipinski definition) is 1. The van der Waals surface area contributed by atoms with Crippen molar-refractivity contribution in [1.82, 2.24) is 4.90 Å². The smallest absolute Gasteiger partial charge is 0.146 e. The highest BCUT2D eigenvalue weighted by molar-refractivity contribution is 5.81. The van der Waals surface area contributed by atoms with Crippen molar-refractivity contribution in [2.24, 2.45) is 5.73 Å². The summed E-state index contributed by atoms with van der Waals surface area (Å²) >= 11 is 0. The number of ketones is 1. The van der Waals surface area contributed by atoms with Crippen LogP contribution in [0.15, 0.2) is 0 Å². The standard InChI is InChI=1S/C9H20N2O/c1-8(12)9(11(2)3)6-4-5-7-10/h9H,4-7,10H2,1-3H3. The topological polar surface area (TPSA) is 46.3 Å². The Balaban J connectivity index is 3.72. The molecular weight excluding hydrogens is 152 g/mol. The average Bonchev–Trinajstić information content (AvgIpc) is 1.96. The minimum Gasteiger partial charge on any atom is -0.330 e. The van der Waals surface area contributed by atoms with Gasteiger partial charge in [-0.25, -0.2) is 0 Å². The highest BCUT2D eigenvalue weighted by Gasteiger charge is 2.14. The molecule has 0 aliphatic rings. The fourth-order valence-electron chi connectivity index (χ4n) is 1.31. The van der Waals surface area contributed by atoms with E-state index in [-0.39, 0.29) is 11.8 Å². The van der Waals surface area contributed by atoms with Crippen LogP contribution in [-0.4, -0.2) is 37.4 Å². The second kappa shape index (κ2) is 6.14. The van der Waals surface area contributed by atoms with E-state index in [0.717, 1.165) is 25.8 Å². The van der Waals surface area contributed by atoms with Crippen LogP contribution >= 0.6 is 0 Å². The number of rotatable bonds is 6. The van der Waals surface area contributed by atoms with Crippen LogP contribution in [-0.2, 0) is 4.79 Å². The fraction of sp³-hybridized carbons (Fsp3) is 0.889. The van der Waals surface area contributed by atoms with Gasteiger partial charge in [0.15, 0.2) is 0 Å². The van der Waals surface area contributed by atoms with Gasteiger partial charge in [0.1, 0.15) is 5.78 Å². The first-order valence-electron chi connectivity index (χ1n) is 4.46. The van der Waals surface area contributed by atoms with Crippen molar-refractivity contribution in [3.05, 3.63) is 0 Å². The Hall–Kier alpha value is -0.410. The van der Waals surface area contributed by atoms with Gasteiger partial charge in [0.2, 0.25) is 0 Å². The molecule has 0 bridgehead atoms. The number of unbranched alkanes of at least 4 members (excludes halogenated alkanes) is 1. The lowest BCUT2D eigenvalue weighted by Crippen LogP contribution is -2.34. The monoisotopic (exact) mass is 172 g/mol. The summed E-state index contributed by atoms with van der Waals surface area (Å²) < 4.78 is 0. The van der Waals surface area contributed by atoms with Gasteiger partial charge in [0.05, 0.1) is 6.04 Å². The van der Waals surface area contributed by atoms with Gasteiger partial charge in [-0.05, 0) is 40.4 Å². The minimum atomic E-state index is 0.0801. The number of nitrogens with zero attached hydrogens (tertiary/aromatic N) is 1. The summed E-state index contributed by atoms with van der Waals surface area (Å²) in [4.78, 5) is 13.1. The molecule has 0 amide bonds. The maximum atomic E-state index is 11.1. The van der Waals surface area contributed by atoms with Crippen molar-refractivity contribution in [2.45, 2.75) is 32.2 Å². The van der Waals surface area contributed by atoms with Crippen molar-refractivity contribution in [3.63, 3.8) is 0 Å². The van der Waals surface area contributed by atoms with Crippen LogP contribution < -0.4 is 5.73 Å². The van der Waals surface area contributed by atoms with E-state index in [1.165, 1.54) is 0 Å². The molecule has 0 aliphatic carbocycles. The normalized spacial score (nSPS) is 13.4. The third-order valence-corrected chi connectivity index (χ3v) is 2.02. The summed E-state index contributed by atoms with van der Waals surface area (Å²) in [5.41, 5.74) is 5.37. The van der Waals surface area contributed by atoms with Crippen LogP contribution in [0.2, 0.25) is 0 Å². The van der Waals surface area contributed by atoms with Gasteiger partial charge in [0.25, 0.3) is 0 Å². The SMILES string of the molecule is CC(=O)C(CCCCN)N(C)C. The van der Waals surface area contributed by atoms with Crippen LogP contribution in [0.4, 0.5) is 0 Å². The van der Waals surface area contributed by atoms with Crippen LogP contribution in [0.25, 0.3) is 0 Å². The Morgan fingerprint density at radius 2 is 2.00 bits per heavy atom. The van der Waals surface area contributed by atoms with E-state index in [0.29, 0.717) is 0 Å². The van der Waals surface area contributed by atoms with Gasteiger partial charge in [-0.2, -0.15) is 0 Å². The van der Waals surface area contributed by atoms with Gasteiger partial charge < -0.3 is 5.73 Å². The Morgan fingerprint density at radius 1 is 1.42 bits per heavy atom. The lowest BCUT2D eigenvalue weighted by molar-refractivity contribution is -0.121. The fourth-order valence-corrected chi connectivity index (χ4v) is 1.31. The third-order valence-electron chi connectivity index (χ3n) is 2.02. The van der Waals surface area contributed by atoms with Gasteiger partial charge in [-0.3, -0.25) is 9.69 Å². The van der Waals surface area contributed by atoms with Gasteiger partial charge in [-0.1, -0.05) is 6.42 Å². The first-order valence-corrected chi connectivity index (χ1v) is 4.46. The summed E-state index contributed by atoms with van der Waals surface area (Å²) in [6, 6.07) is 0.0801. The van der Waals surface area contributed by atoms with Gasteiger partial charge in [0, 0.05) is 0 Å². The lowest BCUT2D eigenvalue weighted by atomic mass is 10.1. The van der Waals surface area contributed by atoms with Crippen LogP contribution in [0.5, 0.6) is 0 Å². The Morgan fingerprint density at radius 3 is 2.33 bits per heavy atom. The van der Waals surface area contributed by atoms with Crippen molar-refractivity contribution in [2.75, 3.05) is 20.6 Å². The summed E-state index contributed by atoms with van der Waals surface area (Å²) in [7, 11) is 3.88. The largest absolute Gasteiger partial charge is 0.330 e. The summed E-state index contributed by atoms with van der Waals surface area (Å²) in [6.45, 7) is 2.37. The molecule has 1 unspecified atom stereocenters. The number of carbonyl (C=O) groups excluding carboxylic acids is 1. The summed E-state index contributed by atoms with van der Waals surface area (Å²) in [5.74, 6) is 0.247. The number of hydrogen-bond acceptors (Lipinski definition) is 3. The second-order valence-electron chi connectivity index (χ2n) is 3.37. The molecule has 3 heteroatoms. The molecule has 0 aromatic rings. The van der Waals surface area contributed by atoms with Crippen molar-refractivity contribution < 1.29 is 4.79 Å². The first-order chi connectivity index (χ1) is 5.59. The number of carbonyl (C=O) groups is 1.